The molecular weight excluding hydrogens is 206 g/mol. The van der Waals surface area contributed by atoms with Crippen molar-refractivity contribution < 1.29 is 9.21 Å². The quantitative estimate of drug-likeness (QED) is 0.751. The highest BCUT2D eigenvalue weighted by Crippen LogP contribution is 2.05. The first-order chi connectivity index (χ1) is 7.71. The highest BCUT2D eigenvalue weighted by atomic mass is 16.4. The van der Waals surface area contributed by atoms with Crippen LogP contribution in [0.15, 0.2) is 10.6 Å². The summed E-state index contributed by atoms with van der Waals surface area (Å²) >= 11 is 0. The number of rotatable bonds is 6. The first-order valence-electron chi connectivity index (χ1n) is 5.62. The molecule has 1 rings (SSSR count). The minimum atomic E-state index is -0.124. The molecule has 3 N–H and O–H groups in total. The SMILES string of the molecule is CCc1cnc(CNC(=O)C(CC)CN)o1. The Bertz CT molecular complexity index is 332. The lowest BCUT2D eigenvalue weighted by atomic mass is 10.1. The van der Waals surface area contributed by atoms with Crippen LogP contribution in [0.1, 0.15) is 31.9 Å². The summed E-state index contributed by atoms with van der Waals surface area (Å²) in [7, 11) is 0. The fourth-order valence-corrected chi connectivity index (χ4v) is 1.36. The van der Waals surface area contributed by atoms with Gasteiger partial charge in [0.25, 0.3) is 0 Å². The van der Waals surface area contributed by atoms with Gasteiger partial charge in [-0.25, -0.2) is 4.98 Å². The van der Waals surface area contributed by atoms with Gasteiger partial charge < -0.3 is 15.5 Å². The van der Waals surface area contributed by atoms with Crippen LogP contribution in [0.5, 0.6) is 0 Å². The van der Waals surface area contributed by atoms with Gasteiger partial charge in [0.2, 0.25) is 11.8 Å². The molecule has 16 heavy (non-hydrogen) atoms. The molecule has 0 bridgehead atoms. The molecule has 5 nitrogen and oxygen atoms in total. The number of carbonyl (C=O) groups is 1. The standard InChI is InChI=1S/C11H19N3O2/c1-3-8(5-12)11(15)14-7-10-13-6-9(4-2)16-10/h6,8H,3-5,7,12H2,1-2H3,(H,14,15). The van der Waals surface area contributed by atoms with Crippen molar-refractivity contribution in [1.82, 2.24) is 10.3 Å². The number of nitrogens with zero attached hydrogens (tertiary/aromatic N) is 1. The van der Waals surface area contributed by atoms with E-state index in [0.29, 0.717) is 19.0 Å². The molecule has 5 heteroatoms. The van der Waals surface area contributed by atoms with E-state index in [1.54, 1.807) is 6.20 Å². The predicted molar refractivity (Wildman–Crippen MR) is 60.6 cm³/mol. The zero-order valence-electron chi connectivity index (χ0n) is 9.82. The Morgan fingerprint density at radius 2 is 2.38 bits per heavy atom. The smallest absolute Gasteiger partial charge is 0.224 e. The summed E-state index contributed by atoms with van der Waals surface area (Å²) in [5, 5.41) is 2.76. The molecule has 1 unspecified atom stereocenters. The van der Waals surface area contributed by atoms with Gasteiger partial charge in [-0.1, -0.05) is 13.8 Å². The number of hydrogen-bond donors (Lipinski definition) is 2. The normalized spacial score (nSPS) is 12.4. The van der Waals surface area contributed by atoms with Crippen molar-refractivity contribution in [2.45, 2.75) is 33.2 Å². The summed E-state index contributed by atoms with van der Waals surface area (Å²) in [6.45, 7) is 4.63. The van der Waals surface area contributed by atoms with Crippen molar-refractivity contribution in [2.75, 3.05) is 6.54 Å². The zero-order valence-corrected chi connectivity index (χ0v) is 9.82. The van der Waals surface area contributed by atoms with Crippen LogP contribution in [0.3, 0.4) is 0 Å². The van der Waals surface area contributed by atoms with Gasteiger partial charge >= 0.3 is 0 Å². The van der Waals surface area contributed by atoms with Gasteiger partial charge in [-0.2, -0.15) is 0 Å². The number of amides is 1. The van der Waals surface area contributed by atoms with E-state index in [9.17, 15) is 4.79 Å². The van der Waals surface area contributed by atoms with Crippen LogP contribution in [0.25, 0.3) is 0 Å². The Morgan fingerprint density at radius 1 is 1.62 bits per heavy atom. The van der Waals surface area contributed by atoms with Crippen LogP contribution in [0.2, 0.25) is 0 Å². The average molecular weight is 225 g/mol. The summed E-state index contributed by atoms with van der Waals surface area (Å²) in [4.78, 5) is 15.7. The summed E-state index contributed by atoms with van der Waals surface area (Å²) in [6, 6.07) is 0. The molecule has 0 fully saturated rings. The third kappa shape index (κ3) is 3.34. The molecule has 1 atom stereocenters. The topological polar surface area (TPSA) is 81.2 Å². The van der Waals surface area contributed by atoms with Gasteiger partial charge in [0.15, 0.2) is 0 Å². The molecular formula is C11H19N3O2. The average Bonchev–Trinajstić information content (AvgIpc) is 2.76. The van der Waals surface area contributed by atoms with E-state index in [1.165, 1.54) is 0 Å². The molecule has 0 saturated carbocycles. The zero-order chi connectivity index (χ0) is 12.0. The third-order valence-electron chi connectivity index (χ3n) is 2.51. The lowest BCUT2D eigenvalue weighted by molar-refractivity contribution is -0.125. The minimum Gasteiger partial charge on any atom is -0.444 e. The molecule has 0 spiro atoms. The van der Waals surface area contributed by atoms with E-state index >= 15 is 0 Å². The van der Waals surface area contributed by atoms with Crippen molar-refractivity contribution in [3.8, 4) is 0 Å². The molecule has 90 valence electrons. The maximum Gasteiger partial charge on any atom is 0.224 e. The molecule has 0 aromatic carbocycles. The number of nitrogens with two attached hydrogens (primary N) is 1. The monoisotopic (exact) mass is 225 g/mol. The maximum atomic E-state index is 11.6. The number of carbonyl (C=O) groups excluding carboxylic acids is 1. The lowest BCUT2D eigenvalue weighted by Crippen LogP contribution is -2.34. The van der Waals surface area contributed by atoms with Crippen LogP contribution in [0, 0.1) is 5.92 Å². The summed E-state index contributed by atoms with van der Waals surface area (Å²) in [5.41, 5.74) is 5.48. The Kier molecular flexibility index (Phi) is 4.98. The van der Waals surface area contributed by atoms with Crippen molar-refractivity contribution in [2.24, 2.45) is 11.7 Å². The number of nitrogens with one attached hydrogen (secondary N) is 1. The van der Waals surface area contributed by atoms with Crippen LogP contribution in [-0.2, 0) is 17.8 Å². The third-order valence-corrected chi connectivity index (χ3v) is 2.51. The largest absolute Gasteiger partial charge is 0.444 e. The highest BCUT2D eigenvalue weighted by Gasteiger charge is 2.14. The van der Waals surface area contributed by atoms with Gasteiger partial charge in [-0.15, -0.1) is 0 Å². The second-order valence-electron chi connectivity index (χ2n) is 3.63. The number of oxazole rings is 1. The predicted octanol–water partition coefficient (Wildman–Crippen LogP) is 0.838. The van der Waals surface area contributed by atoms with E-state index in [-0.39, 0.29) is 11.8 Å². The molecule has 0 radical (unpaired) electrons. The molecule has 0 saturated heterocycles. The Labute approximate surface area is 95.4 Å². The second-order valence-corrected chi connectivity index (χ2v) is 3.63. The van der Waals surface area contributed by atoms with E-state index in [2.05, 4.69) is 10.3 Å². The summed E-state index contributed by atoms with van der Waals surface area (Å²) in [6.07, 6.45) is 3.23. The summed E-state index contributed by atoms with van der Waals surface area (Å²) < 4.78 is 5.37. The Hall–Kier alpha value is -1.36. The van der Waals surface area contributed by atoms with Crippen LogP contribution >= 0.6 is 0 Å². The molecule has 0 aliphatic heterocycles. The lowest BCUT2D eigenvalue weighted by Gasteiger charge is -2.11. The molecule has 0 aliphatic carbocycles. The molecule has 0 aliphatic rings. The van der Waals surface area contributed by atoms with Crippen molar-refractivity contribution in [3.05, 3.63) is 17.8 Å². The highest BCUT2D eigenvalue weighted by molar-refractivity contribution is 5.78. The van der Waals surface area contributed by atoms with Crippen LogP contribution in [0.4, 0.5) is 0 Å². The van der Waals surface area contributed by atoms with Crippen molar-refractivity contribution >= 4 is 5.91 Å². The fraction of sp³-hybridized carbons (Fsp3) is 0.636. The van der Waals surface area contributed by atoms with Gasteiger partial charge in [0.05, 0.1) is 12.7 Å². The maximum absolute atomic E-state index is 11.6. The number of hydrogen-bond acceptors (Lipinski definition) is 4. The number of aromatic nitrogens is 1. The van der Waals surface area contributed by atoms with Crippen LogP contribution < -0.4 is 11.1 Å². The van der Waals surface area contributed by atoms with Crippen LogP contribution in [-0.4, -0.2) is 17.4 Å². The fourth-order valence-electron chi connectivity index (χ4n) is 1.36. The number of aryl methyl sites for hydroxylation is 1. The molecule has 1 heterocycles. The van der Waals surface area contributed by atoms with Crippen molar-refractivity contribution in [3.63, 3.8) is 0 Å². The Balaban J connectivity index is 2.41. The second kappa shape index (κ2) is 6.27. The molecule has 1 aromatic heterocycles. The van der Waals surface area contributed by atoms with E-state index in [1.807, 2.05) is 13.8 Å². The van der Waals surface area contributed by atoms with E-state index < -0.39 is 0 Å². The van der Waals surface area contributed by atoms with Gasteiger partial charge in [0, 0.05) is 18.9 Å². The molecule has 1 amide bonds. The van der Waals surface area contributed by atoms with Gasteiger partial charge in [-0.05, 0) is 6.42 Å². The summed E-state index contributed by atoms with van der Waals surface area (Å²) in [5.74, 6) is 1.20. The first-order valence-corrected chi connectivity index (χ1v) is 5.62. The van der Waals surface area contributed by atoms with Gasteiger partial charge in [-0.3, -0.25) is 4.79 Å². The van der Waals surface area contributed by atoms with Gasteiger partial charge in [0.1, 0.15) is 5.76 Å². The Morgan fingerprint density at radius 3 is 2.88 bits per heavy atom. The van der Waals surface area contributed by atoms with E-state index in [0.717, 1.165) is 18.6 Å². The minimum absolute atomic E-state index is 0.0405. The van der Waals surface area contributed by atoms with Crippen molar-refractivity contribution in [1.29, 1.82) is 0 Å². The van der Waals surface area contributed by atoms with E-state index in [4.69, 9.17) is 10.2 Å². The molecule has 1 aromatic rings. The first kappa shape index (κ1) is 12.7.